The van der Waals surface area contributed by atoms with Gasteiger partial charge in [0, 0.05) is 0 Å². The summed E-state index contributed by atoms with van der Waals surface area (Å²) >= 11 is 0. The highest BCUT2D eigenvalue weighted by atomic mass is 16.5. The molecule has 0 saturated heterocycles. The van der Waals surface area contributed by atoms with Gasteiger partial charge in [-0.25, -0.2) is 4.99 Å². The average Bonchev–Trinajstić information content (AvgIpc) is 2.44. The van der Waals surface area contributed by atoms with Crippen molar-refractivity contribution in [3.8, 4) is 11.5 Å². The number of nitrogens with two attached hydrogens (primary N) is 3. The number of rotatable bonds is 3. The van der Waals surface area contributed by atoms with Crippen molar-refractivity contribution in [2.75, 3.05) is 0 Å². The van der Waals surface area contributed by atoms with Crippen LogP contribution in [0, 0.1) is 13.8 Å². The normalized spacial score (nSPS) is 11.1. The van der Waals surface area contributed by atoms with Crippen molar-refractivity contribution < 1.29 is 4.74 Å². The van der Waals surface area contributed by atoms with E-state index >= 15 is 0 Å². The van der Waals surface area contributed by atoms with Gasteiger partial charge in [-0.3, -0.25) is 0 Å². The molecule has 114 valence electrons. The molecule has 0 aliphatic heterocycles. The molecule has 0 aliphatic carbocycles. The standard InChI is InChI=1S/C16H19N5O/c1-10-3-6-14(9-11(10)2)22-13-7-4-12(5-8-13)20-16(19)21-15(17)18/h3-9H,1-2H3,(H6,17,18,19,20,21). The number of aryl methyl sites for hydroxylation is 2. The predicted molar refractivity (Wildman–Crippen MR) is 89.5 cm³/mol. The molecular formula is C16H19N5O. The Bertz CT molecular complexity index is 716. The van der Waals surface area contributed by atoms with Crippen LogP contribution < -0.4 is 21.9 Å². The lowest BCUT2D eigenvalue weighted by molar-refractivity contribution is 0.482. The second kappa shape index (κ2) is 6.62. The highest BCUT2D eigenvalue weighted by Crippen LogP contribution is 2.25. The third-order valence-electron chi connectivity index (χ3n) is 3.04. The fourth-order valence-corrected chi connectivity index (χ4v) is 1.79. The fourth-order valence-electron chi connectivity index (χ4n) is 1.79. The van der Waals surface area contributed by atoms with Crippen LogP contribution in [0.25, 0.3) is 0 Å². The van der Waals surface area contributed by atoms with Gasteiger partial charge in [-0.05, 0) is 61.4 Å². The second-order valence-electron chi connectivity index (χ2n) is 4.85. The first-order valence-electron chi connectivity index (χ1n) is 6.73. The Hall–Kier alpha value is -3.02. The smallest absolute Gasteiger partial charge is 0.223 e. The van der Waals surface area contributed by atoms with Crippen LogP contribution in [0.5, 0.6) is 11.5 Å². The summed E-state index contributed by atoms with van der Waals surface area (Å²) in [6.45, 7) is 4.11. The van der Waals surface area contributed by atoms with Crippen molar-refractivity contribution >= 4 is 17.6 Å². The molecule has 0 spiro atoms. The largest absolute Gasteiger partial charge is 0.457 e. The van der Waals surface area contributed by atoms with Gasteiger partial charge in [0.25, 0.3) is 0 Å². The summed E-state index contributed by atoms with van der Waals surface area (Å²) in [7, 11) is 0. The number of guanidine groups is 2. The molecule has 0 heterocycles. The minimum atomic E-state index is -0.129. The van der Waals surface area contributed by atoms with E-state index in [0.29, 0.717) is 11.4 Å². The van der Waals surface area contributed by atoms with E-state index in [0.717, 1.165) is 5.75 Å². The van der Waals surface area contributed by atoms with Gasteiger partial charge >= 0.3 is 0 Å². The fraction of sp³-hybridized carbons (Fsp3) is 0.125. The molecule has 6 nitrogen and oxygen atoms in total. The first kappa shape index (κ1) is 15.4. The summed E-state index contributed by atoms with van der Waals surface area (Å²) in [4.78, 5) is 7.71. The minimum Gasteiger partial charge on any atom is -0.457 e. The highest BCUT2D eigenvalue weighted by Gasteiger charge is 2.00. The summed E-state index contributed by atoms with van der Waals surface area (Å²) < 4.78 is 5.79. The van der Waals surface area contributed by atoms with Crippen molar-refractivity contribution in [1.82, 2.24) is 0 Å². The van der Waals surface area contributed by atoms with E-state index in [4.69, 9.17) is 21.9 Å². The first-order valence-corrected chi connectivity index (χ1v) is 6.73. The van der Waals surface area contributed by atoms with Crippen LogP contribution in [0.1, 0.15) is 11.1 Å². The molecule has 22 heavy (non-hydrogen) atoms. The Labute approximate surface area is 129 Å². The van der Waals surface area contributed by atoms with E-state index < -0.39 is 0 Å². The molecule has 0 fully saturated rings. The van der Waals surface area contributed by atoms with Gasteiger partial charge in [0.05, 0.1) is 5.69 Å². The lowest BCUT2D eigenvalue weighted by Crippen LogP contribution is -2.26. The van der Waals surface area contributed by atoms with E-state index in [-0.39, 0.29) is 11.9 Å². The minimum absolute atomic E-state index is 0.00262. The quantitative estimate of drug-likeness (QED) is 0.596. The van der Waals surface area contributed by atoms with Crippen molar-refractivity contribution in [3.63, 3.8) is 0 Å². The molecule has 0 unspecified atom stereocenters. The maximum absolute atomic E-state index is 5.79. The second-order valence-corrected chi connectivity index (χ2v) is 4.85. The summed E-state index contributed by atoms with van der Waals surface area (Å²) in [6.07, 6.45) is 0. The maximum atomic E-state index is 5.79. The van der Waals surface area contributed by atoms with Crippen molar-refractivity contribution in [1.29, 1.82) is 0 Å². The van der Waals surface area contributed by atoms with Gasteiger partial charge in [0.2, 0.25) is 5.96 Å². The molecule has 0 saturated carbocycles. The number of benzene rings is 2. The Morgan fingerprint density at radius 2 is 1.50 bits per heavy atom. The summed E-state index contributed by atoms with van der Waals surface area (Å²) in [5.74, 6) is 1.38. The highest BCUT2D eigenvalue weighted by molar-refractivity contribution is 5.93. The average molecular weight is 297 g/mol. The molecule has 0 aromatic heterocycles. The molecule has 6 heteroatoms. The molecule has 6 N–H and O–H groups in total. The van der Waals surface area contributed by atoms with Gasteiger partial charge in [0.15, 0.2) is 5.96 Å². The first-order chi connectivity index (χ1) is 10.4. The predicted octanol–water partition coefficient (Wildman–Crippen LogP) is 2.32. The summed E-state index contributed by atoms with van der Waals surface area (Å²) in [5, 5.41) is 0. The molecular weight excluding hydrogens is 278 g/mol. The van der Waals surface area contributed by atoms with Crippen LogP contribution in [0.15, 0.2) is 52.4 Å². The van der Waals surface area contributed by atoms with Crippen molar-refractivity contribution in [3.05, 3.63) is 53.6 Å². The van der Waals surface area contributed by atoms with Crippen LogP contribution >= 0.6 is 0 Å². The Kier molecular flexibility index (Phi) is 4.63. The number of ether oxygens (including phenoxy) is 1. The van der Waals surface area contributed by atoms with E-state index in [1.165, 1.54) is 11.1 Å². The summed E-state index contributed by atoms with van der Waals surface area (Å²) in [6, 6.07) is 13.1. The topological polar surface area (TPSA) is 112 Å². The molecule has 2 aromatic rings. The van der Waals surface area contributed by atoms with E-state index in [2.05, 4.69) is 16.9 Å². The van der Waals surface area contributed by atoms with E-state index in [1.54, 1.807) is 24.3 Å². The lowest BCUT2D eigenvalue weighted by Gasteiger charge is -2.08. The molecule has 0 atom stereocenters. The number of hydrogen-bond acceptors (Lipinski definition) is 2. The van der Waals surface area contributed by atoms with Crippen LogP contribution in [-0.4, -0.2) is 11.9 Å². The molecule has 2 aromatic carbocycles. The van der Waals surface area contributed by atoms with Crippen molar-refractivity contribution in [2.45, 2.75) is 13.8 Å². The van der Waals surface area contributed by atoms with E-state index in [9.17, 15) is 0 Å². The molecule has 0 amide bonds. The summed E-state index contributed by atoms with van der Waals surface area (Å²) in [5.41, 5.74) is 19.1. The van der Waals surface area contributed by atoms with Gasteiger partial charge < -0.3 is 21.9 Å². The SMILES string of the molecule is Cc1ccc(Oc2ccc(N=C(N)N=C(N)N)cc2)cc1C. The van der Waals surface area contributed by atoms with Gasteiger partial charge in [-0.1, -0.05) is 6.07 Å². The van der Waals surface area contributed by atoms with Gasteiger partial charge in [-0.15, -0.1) is 0 Å². The number of aliphatic imine (C=N–C) groups is 2. The van der Waals surface area contributed by atoms with Crippen molar-refractivity contribution in [2.24, 2.45) is 27.2 Å². The van der Waals surface area contributed by atoms with Crippen LogP contribution in [-0.2, 0) is 0 Å². The third kappa shape index (κ3) is 4.24. The number of hydrogen-bond donors (Lipinski definition) is 3. The van der Waals surface area contributed by atoms with Gasteiger partial charge in [-0.2, -0.15) is 4.99 Å². The zero-order chi connectivity index (χ0) is 16.1. The monoisotopic (exact) mass is 297 g/mol. The third-order valence-corrected chi connectivity index (χ3v) is 3.04. The Morgan fingerprint density at radius 1 is 0.864 bits per heavy atom. The molecule has 0 radical (unpaired) electrons. The van der Waals surface area contributed by atoms with E-state index in [1.807, 2.05) is 25.1 Å². The molecule has 2 rings (SSSR count). The number of nitrogens with zero attached hydrogens (tertiary/aromatic N) is 2. The van der Waals surface area contributed by atoms with Gasteiger partial charge in [0.1, 0.15) is 11.5 Å². The van der Waals surface area contributed by atoms with Crippen LogP contribution in [0.3, 0.4) is 0 Å². The zero-order valence-corrected chi connectivity index (χ0v) is 12.6. The Morgan fingerprint density at radius 3 is 2.09 bits per heavy atom. The van der Waals surface area contributed by atoms with Crippen LogP contribution in [0.4, 0.5) is 5.69 Å². The van der Waals surface area contributed by atoms with Crippen LogP contribution in [0.2, 0.25) is 0 Å². The lowest BCUT2D eigenvalue weighted by atomic mass is 10.1. The maximum Gasteiger partial charge on any atom is 0.223 e. The zero-order valence-electron chi connectivity index (χ0n) is 12.6. The molecule has 0 bridgehead atoms. The Balaban J connectivity index is 2.12. The molecule has 0 aliphatic rings.